The van der Waals surface area contributed by atoms with Crippen LogP contribution in [0.3, 0.4) is 0 Å². The first kappa shape index (κ1) is 13.2. The van der Waals surface area contributed by atoms with Gasteiger partial charge < -0.3 is 0 Å². The van der Waals surface area contributed by atoms with E-state index in [4.69, 9.17) is 23.2 Å². The molecule has 0 aromatic heterocycles. The molecule has 1 fully saturated rings. The quantitative estimate of drug-likeness (QED) is 0.662. The second-order valence-electron chi connectivity index (χ2n) is 4.83. The molecule has 0 radical (unpaired) electrons. The summed E-state index contributed by atoms with van der Waals surface area (Å²) in [7, 11) is 0. The van der Waals surface area contributed by atoms with Crippen molar-refractivity contribution < 1.29 is 4.39 Å². The molecule has 1 aromatic rings. The first-order valence-electron chi connectivity index (χ1n) is 6.25. The molecular formula is C14H17Cl2F. The van der Waals surface area contributed by atoms with Crippen molar-refractivity contribution in [3.05, 3.63) is 34.6 Å². The lowest BCUT2D eigenvalue weighted by Crippen LogP contribution is -2.12. The monoisotopic (exact) mass is 274 g/mol. The first-order chi connectivity index (χ1) is 8.16. The minimum atomic E-state index is -0.281. The predicted molar refractivity (Wildman–Crippen MR) is 71.3 cm³/mol. The molecule has 2 rings (SSSR count). The van der Waals surface area contributed by atoms with Gasteiger partial charge in [0, 0.05) is 10.4 Å². The Hall–Kier alpha value is -0.270. The van der Waals surface area contributed by atoms with E-state index >= 15 is 0 Å². The maximum atomic E-state index is 12.9. The van der Waals surface area contributed by atoms with E-state index in [1.54, 1.807) is 6.07 Å². The van der Waals surface area contributed by atoms with Crippen LogP contribution in [0.2, 0.25) is 5.02 Å². The lowest BCUT2D eigenvalue weighted by molar-refractivity contribution is 0.492. The zero-order valence-electron chi connectivity index (χ0n) is 9.76. The minimum absolute atomic E-state index is 0.235. The lowest BCUT2D eigenvalue weighted by Gasteiger charge is -2.16. The molecule has 1 aliphatic rings. The molecule has 0 spiro atoms. The fraction of sp³-hybridized carbons (Fsp3) is 0.571. The van der Waals surface area contributed by atoms with Gasteiger partial charge >= 0.3 is 0 Å². The molecule has 0 saturated heterocycles. The molecule has 1 atom stereocenters. The third-order valence-electron chi connectivity index (χ3n) is 3.62. The molecule has 3 heteroatoms. The van der Waals surface area contributed by atoms with Gasteiger partial charge in [0.15, 0.2) is 0 Å². The zero-order valence-corrected chi connectivity index (χ0v) is 11.3. The Morgan fingerprint density at radius 2 is 2.00 bits per heavy atom. The first-order valence-corrected chi connectivity index (χ1v) is 7.06. The van der Waals surface area contributed by atoms with Crippen LogP contribution in [0, 0.1) is 11.7 Å². The van der Waals surface area contributed by atoms with Gasteiger partial charge in [0.25, 0.3) is 0 Å². The average molecular weight is 275 g/mol. The summed E-state index contributed by atoms with van der Waals surface area (Å²) < 4.78 is 12.9. The van der Waals surface area contributed by atoms with Crippen LogP contribution in [0.15, 0.2) is 18.2 Å². The normalized spacial score (nSPS) is 18.5. The van der Waals surface area contributed by atoms with E-state index < -0.39 is 0 Å². The number of hydrogen-bond donors (Lipinski definition) is 0. The molecule has 0 heterocycles. The highest BCUT2D eigenvalue weighted by molar-refractivity contribution is 6.31. The summed E-state index contributed by atoms with van der Waals surface area (Å²) in [5.41, 5.74) is 0.997. The van der Waals surface area contributed by atoms with Crippen LogP contribution in [0.4, 0.5) is 4.39 Å². The molecular weight excluding hydrogens is 258 g/mol. The Labute approximate surface area is 112 Å². The van der Waals surface area contributed by atoms with Crippen LogP contribution in [0.25, 0.3) is 0 Å². The molecule has 1 aliphatic carbocycles. The van der Waals surface area contributed by atoms with E-state index in [1.165, 1.54) is 37.8 Å². The van der Waals surface area contributed by atoms with Gasteiger partial charge in [0.05, 0.1) is 0 Å². The van der Waals surface area contributed by atoms with Crippen LogP contribution < -0.4 is 0 Å². The minimum Gasteiger partial charge on any atom is -0.207 e. The molecule has 1 unspecified atom stereocenters. The Kier molecular flexibility index (Phi) is 4.69. The van der Waals surface area contributed by atoms with E-state index in [2.05, 4.69) is 0 Å². The molecule has 0 bridgehead atoms. The van der Waals surface area contributed by atoms with Gasteiger partial charge in [-0.25, -0.2) is 4.39 Å². The molecule has 0 N–H and O–H groups in total. The Morgan fingerprint density at radius 3 is 2.65 bits per heavy atom. The van der Waals surface area contributed by atoms with Gasteiger partial charge in [-0.05, 0) is 49.3 Å². The van der Waals surface area contributed by atoms with Crippen LogP contribution in [0.5, 0.6) is 0 Å². The fourth-order valence-electron chi connectivity index (χ4n) is 2.57. The highest BCUT2D eigenvalue weighted by Gasteiger charge is 2.23. The fourth-order valence-corrected chi connectivity index (χ4v) is 3.20. The van der Waals surface area contributed by atoms with Crippen molar-refractivity contribution in [2.75, 3.05) is 0 Å². The SMILES string of the molecule is Fc1ccc(CCC(Cl)C2CCCC2)c(Cl)c1. The molecule has 0 nitrogen and oxygen atoms in total. The van der Waals surface area contributed by atoms with Crippen molar-refractivity contribution in [1.82, 2.24) is 0 Å². The second kappa shape index (κ2) is 6.06. The van der Waals surface area contributed by atoms with Gasteiger partial charge in [-0.1, -0.05) is 30.5 Å². The average Bonchev–Trinajstić information content (AvgIpc) is 2.81. The third kappa shape index (κ3) is 3.59. The van der Waals surface area contributed by atoms with Crippen molar-refractivity contribution in [2.45, 2.75) is 43.9 Å². The van der Waals surface area contributed by atoms with Crippen molar-refractivity contribution in [1.29, 1.82) is 0 Å². The lowest BCUT2D eigenvalue weighted by atomic mass is 9.98. The van der Waals surface area contributed by atoms with Crippen LogP contribution in [-0.4, -0.2) is 5.38 Å². The number of benzene rings is 1. The zero-order chi connectivity index (χ0) is 12.3. The summed E-state index contributed by atoms with van der Waals surface area (Å²) in [6, 6.07) is 4.59. The topological polar surface area (TPSA) is 0 Å². The summed E-state index contributed by atoms with van der Waals surface area (Å²) in [6.07, 6.45) is 6.90. The molecule has 1 saturated carbocycles. The number of aryl methyl sites for hydroxylation is 1. The van der Waals surface area contributed by atoms with E-state index in [1.807, 2.05) is 0 Å². The van der Waals surface area contributed by atoms with E-state index in [9.17, 15) is 4.39 Å². The van der Waals surface area contributed by atoms with Crippen molar-refractivity contribution in [2.24, 2.45) is 5.92 Å². The van der Waals surface area contributed by atoms with Gasteiger partial charge in [-0.15, -0.1) is 11.6 Å². The summed E-state index contributed by atoms with van der Waals surface area (Å²) in [5, 5.41) is 0.749. The van der Waals surface area contributed by atoms with Gasteiger partial charge in [0.2, 0.25) is 0 Å². The highest BCUT2D eigenvalue weighted by Crippen LogP contribution is 2.33. The molecule has 1 aromatic carbocycles. The van der Waals surface area contributed by atoms with Crippen molar-refractivity contribution in [3.8, 4) is 0 Å². The maximum absolute atomic E-state index is 12.9. The standard InChI is InChI=1S/C14H17Cl2F/c15-13(10-3-1-2-4-10)8-6-11-5-7-12(17)9-14(11)16/h5,7,9-10,13H,1-4,6,8H2. The molecule has 0 amide bonds. The number of halogens is 3. The Bertz CT molecular complexity index is 372. The smallest absolute Gasteiger partial charge is 0.124 e. The summed E-state index contributed by atoms with van der Waals surface area (Å²) in [6.45, 7) is 0. The van der Waals surface area contributed by atoms with Crippen LogP contribution >= 0.6 is 23.2 Å². The van der Waals surface area contributed by atoms with Gasteiger partial charge in [-0.2, -0.15) is 0 Å². The van der Waals surface area contributed by atoms with Crippen LogP contribution in [-0.2, 0) is 6.42 Å². The number of hydrogen-bond acceptors (Lipinski definition) is 0. The molecule has 17 heavy (non-hydrogen) atoms. The number of alkyl halides is 1. The molecule has 0 aliphatic heterocycles. The third-order valence-corrected chi connectivity index (χ3v) is 4.54. The predicted octanol–water partition coefficient (Wildman–Crippen LogP) is 5.21. The maximum Gasteiger partial charge on any atom is 0.124 e. The van der Waals surface area contributed by atoms with Gasteiger partial charge in [-0.3, -0.25) is 0 Å². The highest BCUT2D eigenvalue weighted by atomic mass is 35.5. The Morgan fingerprint density at radius 1 is 1.29 bits per heavy atom. The summed E-state index contributed by atoms with van der Waals surface area (Å²) in [5.74, 6) is 0.382. The van der Waals surface area contributed by atoms with Crippen molar-refractivity contribution in [3.63, 3.8) is 0 Å². The van der Waals surface area contributed by atoms with Crippen molar-refractivity contribution >= 4 is 23.2 Å². The van der Waals surface area contributed by atoms with Crippen LogP contribution in [0.1, 0.15) is 37.7 Å². The largest absolute Gasteiger partial charge is 0.207 e. The second-order valence-corrected chi connectivity index (χ2v) is 5.80. The van der Waals surface area contributed by atoms with E-state index in [0.717, 1.165) is 18.4 Å². The Balaban J connectivity index is 1.88. The summed E-state index contributed by atoms with van der Waals surface area (Å²) >= 11 is 12.4. The molecule has 94 valence electrons. The summed E-state index contributed by atoms with van der Waals surface area (Å²) in [4.78, 5) is 0. The van der Waals surface area contributed by atoms with Gasteiger partial charge in [0.1, 0.15) is 5.82 Å². The van der Waals surface area contributed by atoms with E-state index in [0.29, 0.717) is 10.9 Å². The van der Waals surface area contributed by atoms with E-state index in [-0.39, 0.29) is 11.2 Å². The number of rotatable bonds is 4.